The fourth-order valence-electron chi connectivity index (χ4n) is 3.40. The van der Waals surface area contributed by atoms with Gasteiger partial charge in [0, 0.05) is 28.9 Å². The van der Waals surface area contributed by atoms with Gasteiger partial charge >= 0.3 is 0 Å². The number of halogens is 1. The van der Waals surface area contributed by atoms with Gasteiger partial charge in [0.1, 0.15) is 5.82 Å². The topological polar surface area (TPSA) is 63.3 Å². The van der Waals surface area contributed by atoms with Crippen molar-refractivity contribution < 1.29 is 18.7 Å². The Morgan fingerprint density at radius 2 is 1.88 bits per heavy atom. The van der Waals surface area contributed by atoms with Gasteiger partial charge in [-0.3, -0.25) is 4.79 Å². The number of carbonyl (C=O) groups excluding carboxylic acids is 1. The molecule has 1 heterocycles. The number of carbonyl (C=O) groups is 1. The monoisotopic (exact) mass is 354 g/mol. The first kappa shape index (κ1) is 16.4. The van der Waals surface area contributed by atoms with E-state index in [2.05, 4.69) is 10.3 Å². The molecule has 0 spiro atoms. The Bertz CT molecular complexity index is 992. The van der Waals surface area contributed by atoms with Gasteiger partial charge in [0.15, 0.2) is 11.5 Å². The molecular weight excluding hydrogens is 335 g/mol. The minimum absolute atomic E-state index is 0.0741. The van der Waals surface area contributed by atoms with Crippen LogP contribution in [0.15, 0.2) is 42.6 Å². The normalized spacial score (nSPS) is 14.9. The number of fused-ring (bicyclic) bond motifs is 1. The van der Waals surface area contributed by atoms with Gasteiger partial charge in [-0.25, -0.2) is 4.39 Å². The van der Waals surface area contributed by atoms with Crippen molar-refractivity contribution in [3.63, 3.8) is 0 Å². The van der Waals surface area contributed by atoms with E-state index in [-0.39, 0.29) is 11.7 Å². The minimum Gasteiger partial charge on any atom is -0.493 e. The lowest BCUT2D eigenvalue weighted by atomic mass is 9.94. The van der Waals surface area contributed by atoms with Gasteiger partial charge in [0.25, 0.3) is 0 Å². The molecule has 5 nitrogen and oxygen atoms in total. The maximum atomic E-state index is 13.4. The summed E-state index contributed by atoms with van der Waals surface area (Å²) >= 11 is 0. The molecule has 0 saturated heterocycles. The number of amides is 1. The van der Waals surface area contributed by atoms with Crippen LogP contribution in [0.25, 0.3) is 10.9 Å². The molecule has 0 radical (unpaired) electrons. The van der Waals surface area contributed by atoms with Crippen LogP contribution in [0, 0.1) is 5.82 Å². The molecule has 1 fully saturated rings. The Hall–Kier alpha value is -3.02. The van der Waals surface area contributed by atoms with Crippen LogP contribution in [0.2, 0.25) is 0 Å². The van der Waals surface area contributed by atoms with Gasteiger partial charge in [0.2, 0.25) is 5.91 Å². The van der Waals surface area contributed by atoms with Crippen LogP contribution in [-0.2, 0) is 10.2 Å². The molecule has 2 N–H and O–H groups in total. The number of aromatic nitrogens is 1. The van der Waals surface area contributed by atoms with Crippen LogP contribution in [0.3, 0.4) is 0 Å². The fourth-order valence-corrected chi connectivity index (χ4v) is 3.40. The maximum Gasteiger partial charge on any atom is 0.235 e. The Kier molecular flexibility index (Phi) is 3.83. The standard InChI is InChI=1S/C20H19FN2O3/c1-25-17-6-4-13(10-18(17)26-2)23-19(24)20(7-8-20)15-11-22-16-9-12(21)3-5-14(15)16/h3-6,9-11,22H,7-8H2,1-2H3,(H,23,24). The van der Waals surface area contributed by atoms with Gasteiger partial charge in [-0.1, -0.05) is 0 Å². The molecule has 0 atom stereocenters. The maximum absolute atomic E-state index is 13.4. The molecule has 1 aliphatic rings. The molecule has 6 heteroatoms. The van der Waals surface area contributed by atoms with Crippen molar-refractivity contribution in [2.24, 2.45) is 0 Å². The zero-order valence-electron chi connectivity index (χ0n) is 14.6. The van der Waals surface area contributed by atoms with Crippen LogP contribution >= 0.6 is 0 Å². The largest absolute Gasteiger partial charge is 0.493 e. The third-order valence-electron chi connectivity index (χ3n) is 4.99. The number of H-pyrrole nitrogens is 1. The fraction of sp³-hybridized carbons (Fsp3) is 0.250. The van der Waals surface area contributed by atoms with Crippen LogP contribution < -0.4 is 14.8 Å². The SMILES string of the molecule is COc1ccc(NC(=O)C2(c3c[nH]c4cc(F)ccc34)CC2)cc1OC. The lowest BCUT2D eigenvalue weighted by molar-refractivity contribution is -0.118. The van der Waals surface area contributed by atoms with E-state index in [1.54, 1.807) is 38.5 Å². The molecular formula is C20H19FN2O3. The number of hydrogen-bond acceptors (Lipinski definition) is 3. The third-order valence-corrected chi connectivity index (χ3v) is 4.99. The number of aromatic amines is 1. The lowest BCUT2D eigenvalue weighted by Crippen LogP contribution is -2.27. The van der Waals surface area contributed by atoms with E-state index < -0.39 is 5.41 Å². The zero-order valence-corrected chi connectivity index (χ0v) is 14.6. The summed E-state index contributed by atoms with van der Waals surface area (Å²) in [6.07, 6.45) is 3.33. The van der Waals surface area contributed by atoms with Crippen molar-refractivity contribution in [1.29, 1.82) is 0 Å². The van der Waals surface area contributed by atoms with Crippen molar-refractivity contribution in [3.8, 4) is 11.5 Å². The Labute approximate surface area is 150 Å². The van der Waals surface area contributed by atoms with Gasteiger partial charge in [-0.15, -0.1) is 0 Å². The van der Waals surface area contributed by atoms with E-state index in [1.807, 2.05) is 6.20 Å². The second-order valence-electron chi connectivity index (χ2n) is 6.50. The summed E-state index contributed by atoms with van der Waals surface area (Å²) in [6.45, 7) is 0. The number of benzene rings is 2. The van der Waals surface area contributed by atoms with Crippen molar-refractivity contribution in [2.75, 3.05) is 19.5 Å². The number of methoxy groups -OCH3 is 2. The number of anilines is 1. The van der Waals surface area contributed by atoms with Crippen LogP contribution in [0.4, 0.5) is 10.1 Å². The highest BCUT2D eigenvalue weighted by Gasteiger charge is 2.52. The number of nitrogens with one attached hydrogen (secondary N) is 2. The summed E-state index contributed by atoms with van der Waals surface area (Å²) in [5.41, 5.74) is 1.67. The molecule has 1 aliphatic carbocycles. The predicted molar refractivity (Wildman–Crippen MR) is 97.3 cm³/mol. The average molecular weight is 354 g/mol. The van der Waals surface area contributed by atoms with Gasteiger partial charge in [0.05, 0.1) is 19.6 Å². The second kappa shape index (κ2) is 6.05. The zero-order chi connectivity index (χ0) is 18.3. The summed E-state index contributed by atoms with van der Waals surface area (Å²) in [7, 11) is 3.12. The van der Waals surface area contributed by atoms with Crippen LogP contribution in [0.5, 0.6) is 11.5 Å². The van der Waals surface area contributed by atoms with E-state index >= 15 is 0 Å². The molecule has 3 aromatic rings. The summed E-state index contributed by atoms with van der Waals surface area (Å²) in [4.78, 5) is 16.1. The Balaban J connectivity index is 1.63. The second-order valence-corrected chi connectivity index (χ2v) is 6.50. The van der Waals surface area contributed by atoms with E-state index in [1.165, 1.54) is 12.1 Å². The van der Waals surface area contributed by atoms with Gasteiger partial charge < -0.3 is 19.8 Å². The smallest absolute Gasteiger partial charge is 0.235 e. The van der Waals surface area contributed by atoms with E-state index in [0.717, 1.165) is 23.8 Å². The number of rotatable bonds is 5. The molecule has 0 bridgehead atoms. The highest BCUT2D eigenvalue weighted by molar-refractivity contribution is 6.04. The third kappa shape index (κ3) is 2.58. The van der Waals surface area contributed by atoms with Crippen molar-refractivity contribution in [2.45, 2.75) is 18.3 Å². The van der Waals surface area contributed by atoms with Crippen LogP contribution in [-0.4, -0.2) is 25.1 Å². The van der Waals surface area contributed by atoms with Crippen molar-refractivity contribution in [3.05, 3.63) is 54.0 Å². The van der Waals surface area contributed by atoms with Gasteiger partial charge in [-0.05, 0) is 48.7 Å². The molecule has 2 aromatic carbocycles. The average Bonchev–Trinajstić information content (AvgIpc) is 3.35. The minimum atomic E-state index is -0.580. The number of hydrogen-bond donors (Lipinski definition) is 2. The first-order valence-corrected chi connectivity index (χ1v) is 8.38. The van der Waals surface area contributed by atoms with Crippen LogP contribution in [0.1, 0.15) is 18.4 Å². The molecule has 0 unspecified atom stereocenters. The highest BCUT2D eigenvalue weighted by Crippen LogP contribution is 2.51. The van der Waals surface area contributed by atoms with Crippen molar-refractivity contribution >= 4 is 22.5 Å². The van der Waals surface area contributed by atoms with E-state index in [9.17, 15) is 9.18 Å². The molecule has 1 aromatic heterocycles. The Morgan fingerprint density at radius 1 is 1.12 bits per heavy atom. The molecule has 26 heavy (non-hydrogen) atoms. The highest BCUT2D eigenvalue weighted by atomic mass is 19.1. The van der Waals surface area contributed by atoms with Gasteiger partial charge in [-0.2, -0.15) is 0 Å². The molecule has 134 valence electrons. The Morgan fingerprint density at radius 3 is 2.58 bits per heavy atom. The summed E-state index contributed by atoms with van der Waals surface area (Å²) < 4.78 is 23.9. The lowest BCUT2D eigenvalue weighted by Gasteiger charge is -2.16. The summed E-state index contributed by atoms with van der Waals surface area (Å²) in [5.74, 6) is 0.781. The predicted octanol–water partition coefficient (Wildman–Crippen LogP) is 3.99. The summed E-state index contributed by atoms with van der Waals surface area (Å²) in [6, 6.07) is 9.85. The molecule has 0 aliphatic heterocycles. The first-order valence-electron chi connectivity index (χ1n) is 8.38. The molecule has 1 amide bonds. The summed E-state index contributed by atoms with van der Waals surface area (Å²) in [5, 5.41) is 3.85. The molecule has 1 saturated carbocycles. The first-order chi connectivity index (χ1) is 12.6. The quantitative estimate of drug-likeness (QED) is 0.728. The van der Waals surface area contributed by atoms with E-state index in [0.29, 0.717) is 22.7 Å². The van der Waals surface area contributed by atoms with Crippen molar-refractivity contribution in [1.82, 2.24) is 4.98 Å². The number of ether oxygens (including phenoxy) is 2. The molecule has 4 rings (SSSR count). The van der Waals surface area contributed by atoms with E-state index in [4.69, 9.17) is 9.47 Å².